The second-order valence-electron chi connectivity index (χ2n) is 3.32. The maximum Gasteiger partial charge on any atom is 0.119 e. The first-order valence-corrected chi connectivity index (χ1v) is 5.00. The number of hydrogen-bond acceptors (Lipinski definition) is 2. The first-order chi connectivity index (χ1) is 7.33. The maximum absolute atomic E-state index is 5.18. The second-order valence-corrected chi connectivity index (χ2v) is 3.32. The molecule has 2 rings (SSSR count). The molecule has 1 aromatic carbocycles. The van der Waals surface area contributed by atoms with E-state index >= 15 is 0 Å². The number of nitrogens with zero attached hydrogens (tertiary/aromatic N) is 2. The molecular formula is C12H14N2O. The fourth-order valence-corrected chi connectivity index (χ4v) is 1.49. The molecule has 0 aliphatic rings. The van der Waals surface area contributed by atoms with Crippen LogP contribution in [0.25, 0.3) is 11.1 Å². The highest BCUT2D eigenvalue weighted by molar-refractivity contribution is 5.63. The third-order valence-corrected chi connectivity index (χ3v) is 2.36. The van der Waals surface area contributed by atoms with E-state index < -0.39 is 0 Å². The highest BCUT2D eigenvalue weighted by Gasteiger charge is 2.01. The Morgan fingerprint density at radius 3 is 2.87 bits per heavy atom. The van der Waals surface area contributed by atoms with Crippen molar-refractivity contribution in [1.82, 2.24) is 9.78 Å². The summed E-state index contributed by atoms with van der Waals surface area (Å²) in [5, 5.41) is 4.24. The highest BCUT2D eigenvalue weighted by atomic mass is 16.5. The lowest BCUT2D eigenvalue weighted by atomic mass is 10.1. The normalized spacial score (nSPS) is 10.3. The molecule has 0 aliphatic heterocycles. The molecule has 1 aromatic heterocycles. The Morgan fingerprint density at radius 2 is 2.20 bits per heavy atom. The fourth-order valence-electron chi connectivity index (χ4n) is 1.49. The minimum Gasteiger partial charge on any atom is -0.497 e. The van der Waals surface area contributed by atoms with E-state index in [0.717, 1.165) is 23.4 Å². The highest BCUT2D eigenvalue weighted by Crippen LogP contribution is 2.22. The van der Waals surface area contributed by atoms with Crippen LogP contribution in [0.4, 0.5) is 0 Å². The smallest absolute Gasteiger partial charge is 0.119 e. The van der Waals surface area contributed by atoms with Gasteiger partial charge in [-0.1, -0.05) is 12.1 Å². The fraction of sp³-hybridized carbons (Fsp3) is 0.250. The van der Waals surface area contributed by atoms with E-state index in [9.17, 15) is 0 Å². The number of hydrogen-bond donors (Lipinski definition) is 0. The number of aryl methyl sites for hydroxylation is 1. The van der Waals surface area contributed by atoms with E-state index in [2.05, 4.69) is 18.1 Å². The number of aromatic nitrogens is 2. The average molecular weight is 202 g/mol. The van der Waals surface area contributed by atoms with Crippen molar-refractivity contribution in [1.29, 1.82) is 0 Å². The summed E-state index contributed by atoms with van der Waals surface area (Å²) in [6.45, 7) is 2.96. The molecule has 15 heavy (non-hydrogen) atoms. The number of ether oxygens (including phenoxy) is 1. The molecule has 3 nitrogen and oxygen atoms in total. The molecule has 0 atom stereocenters. The molecule has 3 heteroatoms. The van der Waals surface area contributed by atoms with Crippen LogP contribution in [0, 0.1) is 0 Å². The molecule has 0 amide bonds. The standard InChI is InChI=1S/C12H14N2O/c1-3-14-9-11(8-13-14)10-5-4-6-12(7-10)15-2/h4-9H,3H2,1-2H3. The summed E-state index contributed by atoms with van der Waals surface area (Å²) in [5.41, 5.74) is 2.25. The van der Waals surface area contributed by atoms with Gasteiger partial charge in [0.25, 0.3) is 0 Å². The van der Waals surface area contributed by atoms with E-state index in [1.54, 1.807) is 7.11 Å². The largest absolute Gasteiger partial charge is 0.497 e. The van der Waals surface area contributed by atoms with E-state index in [-0.39, 0.29) is 0 Å². The summed E-state index contributed by atoms with van der Waals surface area (Å²) in [6, 6.07) is 7.99. The van der Waals surface area contributed by atoms with Gasteiger partial charge in [0, 0.05) is 18.3 Å². The van der Waals surface area contributed by atoms with E-state index in [1.807, 2.05) is 35.3 Å². The van der Waals surface area contributed by atoms with Crippen LogP contribution in [0.2, 0.25) is 0 Å². The van der Waals surface area contributed by atoms with Gasteiger partial charge in [0.15, 0.2) is 0 Å². The van der Waals surface area contributed by atoms with Crippen molar-refractivity contribution in [3.8, 4) is 16.9 Å². The Morgan fingerprint density at radius 1 is 1.33 bits per heavy atom. The monoisotopic (exact) mass is 202 g/mol. The van der Waals surface area contributed by atoms with Crippen molar-refractivity contribution in [2.45, 2.75) is 13.5 Å². The average Bonchev–Trinajstić information content (AvgIpc) is 2.78. The van der Waals surface area contributed by atoms with Gasteiger partial charge in [0.2, 0.25) is 0 Å². The first kappa shape index (κ1) is 9.77. The van der Waals surface area contributed by atoms with Gasteiger partial charge in [-0.25, -0.2) is 0 Å². The lowest BCUT2D eigenvalue weighted by Gasteiger charge is -2.01. The summed E-state index contributed by atoms with van der Waals surface area (Å²) in [7, 11) is 1.68. The van der Waals surface area contributed by atoms with E-state index in [0.29, 0.717) is 0 Å². The van der Waals surface area contributed by atoms with Crippen molar-refractivity contribution < 1.29 is 4.74 Å². The van der Waals surface area contributed by atoms with Gasteiger partial charge in [-0.3, -0.25) is 4.68 Å². The van der Waals surface area contributed by atoms with Crippen molar-refractivity contribution in [2.75, 3.05) is 7.11 Å². The zero-order chi connectivity index (χ0) is 10.7. The van der Waals surface area contributed by atoms with E-state index in [4.69, 9.17) is 4.74 Å². The van der Waals surface area contributed by atoms with Crippen LogP contribution >= 0.6 is 0 Å². The number of rotatable bonds is 3. The van der Waals surface area contributed by atoms with Crippen LogP contribution in [0.1, 0.15) is 6.92 Å². The summed E-state index contributed by atoms with van der Waals surface area (Å²) in [4.78, 5) is 0. The van der Waals surface area contributed by atoms with Gasteiger partial charge in [-0.2, -0.15) is 5.10 Å². The SMILES string of the molecule is CCn1cc(-c2cccc(OC)c2)cn1. The third kappa shape index (κ3) is 2.01. The first-order valence-electron chi connectivity index (χ1n) is 5.00. The van der Waals surface area contributed by atoms with Crippen LogP contribution in [0.15, 0.2) is 36.7 Å². The summed E-state index contributed by atoms with van der Waals surface area (Å²) >= 11 is 0. The van der Waals surface area contributed by atoms with Gasteiger partial charge >= 0.3 is 0 Å². The van der Waals surface area contributed by atoms with Crippen molar-refractivity contribution in [2.24, 2.45) is 0 Å². The molecule has 0 unspecified atom stereocenters. The van der Waals surface area contributed by atoms with Crippen molar-refractivity contribution in [3.05, 3.63) is 36.7 Å². The molecule has 1 heterocycles. The minimum absolute atomic E-state index is 0.872. The van der Waals surface area contributed by atoms with Crippen molar-refractivity contribution in [3.63, 3.8) is 0 Å². The predicted octanol–water partition coefficient (Wildman–Crippen LogP) is 2.58. The molecule has 0 bridgehead atoms. The minimum atomic E-state index is 0.872. The molecule has 0 fully saturated rings. The lowest BCUT2D eigenvalue weighted by Crippen LogP contribution is -1.91. The number of methoxy groups -OCH3 is 1. The Labute approximate surface area is 89.3 Å². The van der Waals surface area contributed by atoms with Gasteiger partial charge in [0.05, 0.1) is 13.3 Å². The second kappa shape index (κ2) is 4.17. The maximum atomic E-state index is 5.18. The quantitative estimate of drug-likeness (QED) is 0.764. The summed E-state index contributed by atoms with van der Waals surface area (Å²) < 4.78 is 7.09. The molecule has 0 spiro atoms. The zero-order valence-corrected chi connectivity index (χ0v) is 8.97. The molecule has 0 N–H and O–H groups in total. The Balaban J connectivity index is 2.35. The molecular weight excluding hydrogens is 188 g/mol. The molecule has 0 saturated carbocycles. The third-order valence-electron chi connectivity index (χ3n) is 2.36. The summed E-state index contributed by atoms with van der Waals surface area (Å²) in [6.07, 6.45) is 3.91. The lowest BCUT2D eigenvalue weighted by molar-refractivity contribution is 0.415. The van der Waals surface area contributed by atoms with Crippen molar-refractivity contribution >= 4 is 0 Å². The molecule has 0 radical (unpaired) electrons. The Hall–Kier alpha value is -1.77. The van der Waals surface area contributed by atoms with E-state index in [1.165, 1.54) is 0 Å². The summed E-state index contributed by atoms with van der Waals surface area (Å²) in [5.74, 6) is 0.872. The zero-order valence-electron chi connectivity index (χ0n) is 8.97. The molecule has 0 aliphatic carbocycles. The van der Waals surface area contributed by atoms with Crippen LogP contribution in [0.5, 0.6) is 5.75 Å². The van der Waals surface area contributed by atoms with Gasteiger partial charge in [-0.05, 0) is 24.6 Å². The van der Waals surface area contributed by atoms with Crippen LogP contribution in [-0.2, 0) is 6.54 Å². The Kier molecular flexibility index (Phi) is 2.72. The van der Waals surface area contributed by atoms with Crippen LogP contribution in [0.3, 0.4) is 0 Å². The molecule has 0 saturated heterocycles. The Bertz CT molecular complexity index is 448. The van der Waals surface area contributed by atoms with Crippen LogP contribution in [-0.4, -0.2) is 16.9 Å². The molecule has 78 valence electrons. The van der Waals surface area contributed by atoms with Gasteiger partial charge in [-0.15, -0.1) is 0 Å². The van der Waals surface area contributed by atoms with Gasteiger partial charge in [0.1, 0.15) is 5.75 Å². The molecule has 2 aromatic rings. The van der Waals surface area contributed by atoms with Gasteiger partial charge < -0.3 is 4.74 Å². The predicted molar refractivity (Wildman–Crippen MR) is 59.9 cm³/mol. The topological polar surface area (TPSA) is 27.1 Å². The number of benzene rings is 1. The van der Waals surface area contributed by atoms with Crippen LogP contribution < -0.4 is 4.74 Å².